The van der Waals surface area contributed by atoms with Gasteiger partial charge < -0.3 is 14.8 Å². The van der Waals surface area contributed by atoms with Gasteiger partial charge in [0.1, 0.15) is 11.5 Å². The summed E-state index contributed by atoms with van der Waals surface area (Å²) in [4.78, 5) is 22.3. The maximum absolute atomic E-state index is 12.0. The lowest BCUT2D eigenvalue weighted by molar-refractivity contribution is -0.384. The molecule has 0 saturated carbocycles. The van der Waals surface area contributed by atoms with Crippen molar-refractivity contribution in [1.29, 1.82) is 0 Å². The van der Waals surface area contributed by atoms with Crippen molar-refractivity contribution in [2.45, 2.75) is 0 Å². The minimum absolute atomic E-state index is 0.0734. The predicted octanol–water partition coefficient (Wildman–Crippen LogP) is 3.42. The van der Waals surface area contributed by atoms with E-state index >= 15 is 0 Å². The lowest BCUT2D eigenvalue weighted by atomic mass is 10.1. The molecule has 0 fully saturated rings. The minimum atomic E-state index is -0.505. The first-order valence-corrected chi connectivity index (χ1v) is 6.99. The Morgan fingerprint density at radius 1 is 1.12 bits per heavy atom. The number of ether oxygens (including phenoxy) is 2. The van der Waals surface area contributed by atoms with E-state index in [9.17, 15) is 14.9 Å². The summed E-state index contributed by atoms with van der Waals surface area (Å²) in [7, 11) is 2.97. The lowest BCUT2D eigenvalue weighted by Gasteiger charge is -2.07. The van der Waals surface area contributed by atoms with Crippen LogP contribution in [0.3, 0.4) is 0 Å². The number of rotatable bonds is 7. The van der Waals surface area contributed by atoms with Crippen molar-refractivity contribution >= 4 is 17.2 Å². The first-order valence-electron chi connectivity index (χ1n) is 6.99. The van der Waals surface area contributed by atoms with Crippen LogP contribution in [0.1, 0.15) is 10.4 Å². The second-order valence-electron chi connectivity index (χ2n) is 4.71. The fraction of sp³-hybridized carbons (Fsp3) is 0.118. The second kappa shape index (κ2) is 7.77. The van der Waals surface area contributed by atoms with Crippen LogP contribution < -0.4 is 14.8 Å². The number of hydrogen-bond acceptors (Lipinski definition) is 6. The average Bonchev–Trinajstić information content (AvgIpc) is 2.61. The highest BCUT2D eigenvalue weighted by Gasteiger charge is 2.10. The molecule has 2 aromatic rings. The van der Waals surface area contributed by atoms with Crippen LogP contribution in [0, 0.1) is 10.1 Å². The Morgan fingerprint density at radius 3 is 2.42 bits per heavy atom. The molecule has 1 N–H and O–H groups in total. The maximum atomic E-state index is 12.0. The number of hydrogen-bond donors (Lipinski definition) is 1. The largest absolute Gasteiger partial charge is 0.497 e. The normalized spacial score (nSPS) is 10.4. The van der Waals surface area contributed by atoms with Crippen LogP contribution in [0.15, 0.2) is 54.7 Å². The van der Waals surface area contributed by atoms with Crippen LogP contribution in [0.5, 0.6) is 11.5 Å². The summed E-state index contributed by atoms with van der Waals surface area (Å²) in [5.74, 6) is 0.793. The highest BCUT2D eigenvalue weighted by Crippen LogP contribution is 2.28. The molecule has 0 aromatic heterocycles. The number of carbonyl (C=O) groups is 1. The highest BCUT2D eigenvalue weighted by molar-refractivity contribution is 6.04. The lowest BCUT2D eigenvalue weighted by Crippen LogP contribution is -1.98. The Kier molecular flexibility index (Phi) is 5.51. The topological polar surface area (TPSA) is 90.7 Å². The molecule has 7 nitrogen and oxygen atoms in total. The van der Waals surface area contributed by atoms with E-state index in [4.69, 9.17) is 9.47 Å². The highest BCUT2D eigenvalue weighted by atomic mass is 16.6. The predicted molar refractivity (Wildman–Crippen MR) is 89.7 cm³/mol. The molecule has 24 heavy (non-hydrogen) atoms. The zero-order chi connectivity index (χ0) is 17.5. The number of anilines is 1. The summed E-state index contributed by atoms with van der Waals surface area (Å²) in [6.07, 6.45) is 2.82. The Morgan fingerprint density at radius 2 is 1.83 bits per heavy atom. The monoisotopic (exact) mass is 328 g/mol. The van der Waals surface area contributed by atoms with Crippen molar-refractivity contribution in [2.75, 3.05) is 19.5 Å². The smallest absolute Gasteiger partial charge is 0.273 e. The molecule has 0 aliphatic carbocycles. The first kappa shape index (κ1) is 17.0. The van der Waals surface area contributed by atoms with E-state index in [1.165, 1.54) is 37.6 Å². The third-order valence-corrected chi connectivity index (χ3v) is 3.24. The third kappa shape index (κ3) is 4.10. The van der Waals surface area contributed by atoms with Gasteiger partial charge in [-0.05, 0) is 30.3 Å². The Labute approximate surface area is 138 Å². The van der Waals surface area contributed by atoms with E-state index in [0.29, 0.717) is 22.7 Å². The van der Waals surface area contributed by atoms with Gasteiger partial charge in [-0.1, -0.05) is 0 Å². The number of benzene rings is 2. The Bertz CT molecular complexity index is 769. The van der Waals surface area contributed by atoms with Gasteiger partial charge in [0.25, 0.3) is 5.69 Å². The van der Waals surface area contributed by atoms with Gasteiger partial charge in [-0.2, -0.15) is 0 Å². The Hall–Kier alpha value is -3.35. The van der Waals surface area contributed by atoms with Gasteiger partial charge in [0.2, 0.25) is 0 Å². The number of carbonyl (C=O) groups excluding carboxylic acids is 1. The van der Waals surface area contributed by atoms with Gasteiger partial charge in [0, 0.05) is 23.9 Å². The van der Waals surface area contributed by atoms with E-state index in [1.54, 1.807) is 31.4 Å². The van der Waals surface area contributed by atoms with Gasteiger partial charge in [-0.15, -0.1) is 0 Å². The summed E-state index contributed by atoms with van der Waals surface area (Å²) in [6, 6.07) is 10.9. The second-order valence-corrected chi connectivity index (χ2v) is 4.71. The molecule has 7 heteroatoms. The quantitative estimate of drug-likeness (QED) is 0.362. The minimum Gasteiger partial charge on any atom is -0.497 e. The van der Waals surface area contributed by atoms with Crippen LogP contribution >= 0.6 is 0 Å². The molecule has 0 atom stereocenters. The van der Waals surface area contributed by atoms with Crippen LogP contribution in [0.4, 0.5) is 11.4 Å². The SMILES string of the molecule is COc1ccc(C(=O)C=CNc2ccc([N+](=O)[O-])cc2OC)cc1. The molecule has 0 radical (unpaired) electrons. The van der Waals surface area contributed by atoms with Crippen molar-refractivity contribution in [1.82, 2.24) is 0 Å². The molecule has 0 spiro atoms. The summed E-state index contributed by atoms with van der Waals surface area (Å²) in [5.41, 5.74) is 0.960. The molecular weight excluding hydrogens is 312 g/mol. The fourth-order valence-corrected chi connectivity index (χ4v) is 1.97. The van der Waals surface area contributed by atoms with Gasteiger partial charge in [0.15, 0.2) is 5.78 Å². The molecule has 2 aromatic carbocycles. The zero-order valence-corrected chi connectivity index (χ0v) is 13.2. The molecule has 2 rings (SSSR count). The van der Waals surface area contributed by atoms with Crippen molar-refractivity contribution < 1.29 is 19.2 Å². The van der Waals surface area contributed by atoms with Crippen LogP contribution in [0.25, 0.3) is 0 Å². The van der Waals surface area contributed by atoms with Crippen molar-refractivity contribution in [3.8, 4) is 11.5 Å². The number of methoxy groups -OCH3 is 2. The van der Waals surface area contributed by atoms with E-state index in [2.05, 4.69) is 5.32 Å². The molecule has 0 aliphatic rings. The van der Waals surface area contributed by atoms with E-state index in [-0.39, 0.29) is 11.5 Å². The zero-order valence-electron chi connectivity index (χ0n) is 13.2. The van der Waals surface area contributed by atoms with E-state index in [0.717, 1.165) is 0 Å². The molecule has 0 aliphatic heterocycles. The van der Waals surface area contributed by atoms with Crippen molar-refractivity contribution in [2.24, 2.45) is 0 Å². The van der Waals surface area contributed by atoms with Gasteiger partial charge in [0.05, 0.1) is 30.9 Å². The molecular formula is C17H16N2O5. The first-order chi connectivity index (χ1) is 11.5. The number of non-ortho nitro benzene ring substituents is 1. The average molecular weight is 328 g/mol. The summed E-state index contributed by atoms with van der Waals surface area (Å²) < 4.78 is 10.1. The van der Waals surface area contributed by atoms with Crippen LogP contribution in [0.2, 0.25) is 0 Å². The standard InChI is InChI=1S/C17H16N2O5/c1-23-14-6-3-12(4-7-14)16(20)9-10-18-15-8-5-13(19(21)22)11-17(15)24-2/h3-11,18H,1-2H3. The van der Waals surface area contributed by atoms with Crippen LogP contribution in [-0.2, 0) is 0 Å². The molecule has 0 unspecified atom stereocenters. The Balaban J connectivity index is 2.07. The summed E-state index contributed by atoms with van der Waals surface area (Å²) >= 11 is 0. The maximum Gasteiger partial charge on any atom is 0.273 e. The van der Waals surface area contributed by atoms with E-state index in [1.807, 2.05) is 0 Å². The van der Waals surface area contributed by atoms with Crippen molar-refractivity contribution in [3.05, 3.63) is 70.4 Å². The molecule has 124 valence electrons. The third-order valence-electron chi connectivity index (χ3n) is 3.24. The van der Waals surface area contributed by atoms with Crippen molar-refractivity contribution in [3.63, 3.8) is 0 Å². The number of ketones is 1. The number of nitro benzene ring substituents is 1. The fourth-order valence-electron chi connectivity index (χ4n) is 1.97. The number of allylic oxidation sites excluding steroid dienone is 1. The molecule has 0 bridgehead atoms. The van der Waals surface area contributed by atoms with Gasteiger partial charge >= 0.3 is 0 Å². The molecule has 0 saturated heterocycles. The number of nitrogens with one attached hydrogen (secondary N) is 1. The summed E-state index contributed by atoms with van der Waals surface area (Å²) in [6.45, 7) is 0. The molecule has 0 amide bonds. The summed E-state index contributed by atoms with van der Waals surface area (Å²) in [5, 5.41) is 13.6. The van der Waals surface area contributed by atoms with E-state index < -0.39 is 4.92 Å². The van der Waals surface area contributed by atoms with Gasteiger partial charge in [-0.3, -0.25) is 14.9 Å². The number of nitro groups is 1. The van der Waals surface area contributed by atoms with Gasteiger partial charge in [-0.25, -0.2) is 0 Å². The van der Waals surface area contributed by atoms with Crippen LogP contribution in [-0.4, -0.2) is 24.9 Å². The number of nitrogens with zero attached hydrogens (tertiary/aromatic N) is 1. The molecule has 0 heterocycles.